The van der Waals surface area contributed by atoms with Gasteiger partial charge in [-0.1, -0.05) is 13.8 Å². The molecule has 0 bridgehead atoms. The molecule has 0 aromatic rings. The van der Waals surface area contributed by atoms with Gasteiger partial charge in [0.1, 0.15) is 0 Å². The van der Waals surface area contributed by atoms with Crippen molar-refractivity contribution in [3.05, 3.63) is 0 Å². The summed E-state index contributed by atoms with van der Waals surface area (Å²) in [5.41, 5.74) is 5.52. The quantitative estimate of drug-likeness (QED) is 0.677. The van der Waals surface area contributed by atoms with Crippen molar-refractivity contribution in [2.45, 2.75) is 33.2 Å². The Kier molecular flexibility index (Phi) is 3.31. The van der Waals surface area contributed by atoms with Crippen LogP contribution < -0.4 is 11.1 Å². The van der Waals surface area contributed by atoms with Gasteiger partial charge in [-0.05, 0) is 31.7 Å². The van der Waals surface area contributed by atoms with Crippen molar-refractivity contribution in [2.24, 2.45) is 23.5 Å². The Bertz CT molecular complexity index is 193. The van der Waals surface area contributed by atoms with Gasteiger partial charge in [-0.3, -0.25) is 4.79 Å². The Morgan fingerprint density at radius 2 is 2.15 bits per heavy atom. The van der Waals surface area contributed by atoms with Crippen LogP contribution in [0.15, 0.2) is 0 Å². The second-order valence-electron chi connectivity index (χ2n) is 4.33. The predicted octanol–water partition coefficient (Wildman–Crippen LogP) is 0.742. The zero-order valence-corrected chi connectivity index (χ0v) is 8.71. The number of hydrogen-bond acceptors (Lipinski definition) is 2. The molecule has 1 fully saturated rings. The Morgan fingerprint density at radius 1 is 1.62 bits per heavy atom. The lowest BCUT2D eigenvalue weighted by Crippen LogP contribution is -2.40. The van der Waals surface area contributed by atoms with Crippen molar-refractivity contribution in [3.63, 3.8) is 0 Å². The maximum absolute atomic E-state index is 11.5. The summed E-state index contributed by atoms with van der Waals surface area (Å²) in [5, 5.41) is 3.00. The molecule has 0 spiro atoms. The van der Waals surface area contributed by atoms with Crippen molar-refractivity contribution in [1.82, 2.24) is 5.32 Å². The number of nitrogens with one attached hydrogen (secondary N) is 1. The van der Waals surface area contributed by atoms with Crippen LogP contribution in [-0.4, -0.2) is 18.5 Å². The van der Waals surface area contributed by atoms with E-state index in [1.54, 1.807) is 0 Å². The highest BCUT2D eigenvalue weighted by Crippen LogP contribution is 2.37. The van der Waals surface area contributed by atoms with E-state index in [4.69, 9.17) is 5.73 Å². The maximum atomic E-state index is 11.5. The van der Waals surface area contributed by atoms with Gasteiger partial charge >= 0.3 is 0 Å². The summed E-state index contributed by atoms with van der Waals surface area (Å²) in [4.78, 5) is 11.5. The molecule has 0 aromatic heterocycles. The molecule has 4 atom stereocenters. The third-order valence-corrected chi connectivity index (χ3v) is 3.04. The van der Waals surface area contributed by atoms with E-state index >= 15 is 0 Å². The summed E-state index contributed by atoms with van der Waals surface area (Å²) in [5.74, 6) is 1.42. The topological polar surface area (TPSA) is 55.1 Å². The Balaban J connectivity index is 2.27. The van der Waals surface area contributed by atoms with Crippen LogP contribution in [0.25, 0.3) is 0 Å². The summed E-state index contributed by atoms with van der Waals surface area (Å²) in [7, 11) is 0. The minimum absolute atomic E-state index is 0.199. The molecule has 0 saturated heterocycles. The van der Waals surface area contributed by atoms with Crippen molar-refractivity contribution in [3.8, 4) is 0 Å². The summed E-state index contributed by atoms with van der Waals surface area (Å²) in [6, 6.07) is 0.199. The molecule has 0 radical (unpaired) electrons. The van der Waals surface area contributed by atoms with Crippen LogP contribution in [-0.2, 0) is 4.79 Å². The average Bonchev–Trinajstić information content (AvgIpc) is 2.81. The van der Waals surface area contributed by atoms with Gasteiger partial charge in [0.15, 0.2) is 0 Å². The van der Waals surface area contributed by atoms with Gasteiger partial charge in [-0.2, -0.15) is 0 Å². The van der Waals surface area contributed by atoms with Crippen LogP contribution in [0.3, 0.4) is 0 Å². The fourth-order valence-electron chi connectivity index (χ4n) is 1.37. The second kappa shape index (κ2) is 4.09. The summed E-state index contributed by atoms with van der Waals surface area (Å²) >= 11 is 0. The van der Waals surface area contributed by atoms with Crippen LogP contribution in [0.2, 0.25) is 0 Å². The van der Waals surface area contributed by atoms with Gasteiger partial charge in [0, 0.05) is 12.0 Å². The number of nitrogens with two attached hydrogens (primary N) is 1. The molecule has 13 heavy (non-hydrogen) atoms. The van der Waals surface area contributed by atoms with E-state index < -0.39 is 0 Å². The zero-order chi connectivity index (χ0) is 10.0. The van der Waals surface area contributed by atoms with Crippen LogP contribution in [0.4, 0.5) is 0 Å². The molecular formula is C10H20N2O. The fraction of sp³-hybridized carbons (Fsp3) is 0.900. The first-order valence-corrected chi connectivity index (χ1v) is 5.06. The molecule has 76 valence electrons. The Labute approximate surface area is 80.1 Å². The van der Waals surface area contributed by atoms with E-state index in [1.807, 2.05) is 6.92 Å². The lowest BCUT2D eigenvalue weighted by Gasteiger charge is -2.19. The molecule has 3 nitrogen and oxygen atoms in total. The van der Waals surface area contributed by atoms with E-state index in [1.165, 1.54) is 0 Å². The number of carbonyl (C=O) groups is 1. The summed E-state index contributed by atoms with van der Waals surface area (Å²) in [6.07, 6.45) is 1.05. The van der Waals surface area contributed by atoms with E-state index in [2.05, 4.69) is 19.2 Å². The lowest BCUT2D eigenvalue weighted by atomic mass is 10.0. The van der Waals surface area contributed by atoms with Gasteiger partial charge in [-0.15, -0.1) is 0 Å². The van der Waals surface area contributed by atoms with Crippen molar-refractivity contribution in [2.75, 3.05) is 6.54 Å². The minimum atomic E-state index is 0.199. The smallest absolute Gasteiger partial charge is 0.223 e. The standard InChI is InChI=1S/C10H20N2O/c1-6-4-9(6)10(13)12-8(3)7(2)5-11/h6-9H,4-5,11H2,1-3H3,(H,12,13). The van der Waals surface area contributed by atoms with Crippen molar-refractivity contribution in [1.29, 1.82) is 0 Å². The van der Waals surface area contributed by atoms with Gasteiger partial charge < -0.3 is 11.1 Å². The molecule has 0 aliphatic heterocycles. The van der Waals surface area contributed by atoms with Crippen LogP contribution >= 0.6 is 0 Å². The maximum Gasteiger partial charge on any atom is 0.223 e. The number of amides is 1. The molecule has 1 saturated carbocycles. The van der Waals surface area contributed by atoms with E-state index in [0.29, 0.717) is 18.4 Å². The minimum Gasteiger partial charge on any atom is -0.353 e. The van der Waals surface area contributed by atoms with Crippen LogP contribution in [0, 0.1) is 17.8 Å². The number of carbonyl (C=O) groups excluding carboxylic acids is 1. The van der Waals surface area contributed by atoms with Gasteiger partial charge in [0.05, 0.1) is 0 Å². The van der Waals surface area contributed by atoms with E-state index in [9.17, 15) is 4.79 Å². The monoisotopic (exact) mass is 184 g/mol. The molecule has 3 heteroatoms. The SMILES string of the molecule is CC(CN)C(C)NC(=O)C1CC1C. The van der Waals surface area contributed by atoms with E-state index in [0.717, 1.165) is 6.42 Å². The number of rotatable bonds is 4. The zero-order valence-electron chi connectivity index (χ0n) is 8.71. The van der Waals surface area contributed by atoms with Crippen LogP contribution in [0.1, 0.15) is 27.2 Å². The van der Waals surface area contributed by atoms with Gasteiger partial charge in [0.2, 0.25) is 5.91 Å². The molecule has 1 rings (SSSR count). The third-order valence-electron chi connectivity index (χ3n) is 3.04. The Morgan fingerprint density at radius 3 is 2.54 bits per heavy atom. The predicted molar refractivity (Wildman–Crippen MR) is 53.1 cm³/mol. The molecule has 0 aromatic carbocycles. The molecular weight excluding hydrogens is 164 g/mol. The first kappa shape index (κ1) is 10.5. The highest BCUT2D eigenvalue weighted by Gasteiger charge is 2.39. The normalized spacial score (nSPS) is 30.8. The summed E-state index contributed by atoms with van der Waals surface area (Å²) in [6.45, 7) is 6.81. The average molecular weight is 184 g/mol. The van der Waals surface area contributed by atoms with Crippen molar-refractivity contribution < 1.29 is 4.79 Å². The molecule has 0 heterocycles. The van der Waals surface area contributed by atoms with Gasteiger partial charge in [-0.25, -0.2) is 0 Å². The second-order valence-corrected chi connectivity index (χ2v) is 4.33. The lowest BCUT2D eigenvalue weighted by molar-refractivity contribution is -0.123. The molecule has 1 aliphatic rings. The highest BCUT2D eigenvalue weighted by molar-refractivity contribution is 5.81. The first-order chi connectivity index (χ1) is 6.06. The molecule has 4 unspecified atom stereocenters. The largest absolute Gasteiger partial charge is 0.353 e. The van der Waals surface area contributed by atoms with Crippen molar-refractivity contribution >= 4 is 5.91 Å². The first-order valence-electron chi connectivity index (χ1n) is 5.06. The fourth-order valence-corrected chi connectivity index (χ4v) is 1.37. The van der Waals surface area contributed by atoms with Gasteiger partial charge in [0.25, 0.3) is 0 Å². The molecule has 3 N–H and O–H groups in total. The molecule has 1 amide bonds. The van der Waals surface area contributed by atoms with E-state index in [-0.39, 0.29) is 17.9 Å². The highest BCUT2D eigenvalue weighted by atomic mass is 16.2. The Hall–Kier alpha value is -0.570. The number of hydrogen-bond donors (Lipinski definition) is 2. The summed E-state index contributed by atoms with van der Waals surface area (Å²) < 4.78 is 0. The third kappa shape index (κ3) is 2.69. The van der Waals surface area contributed by atoms with Crippen LogP contribution in [0.5, 0.6) is 0 Å². The molecule has 1 aliphatic carbocycles.